The number of guanidine groups is 1. The summed E-state index contributed by atoms with van der Waals surface area (Å²) >= 11 is 0. The number of nitrogens with one attached hydrogen (secondary N) is 3. The van der Waals surface area contributed by atoms with Crippen molar-refractivity contribution in [2.75, 3.05) is 13.1 Å². The summed E-state index contributed by atoms with van der Waals surface area (Å²) in [6.45, 7) is 18.9. The summed E-state index contributed by atoms with van der Waals surface area (Å²) in [6.07, 6.45) is 14.8. The molecule has 13 nitrogen and oxygen atoms in total. The Hall–Kier alpha value is -2.92. The summed E-state index contributed by atoms with van der Waals surface area (Å²) in [5, 5.41) is 22.1. The van der Waals surface area contributed by atoms with Crippen LogP contribution in [0.15, 0.2) is 5.10 Å². The van der Waals surface area contributed by atoms with Crippen molar-refractivity contribution in [2.45, 2.75) is 161 Å². The summed E-state index contributed by atoms with van der Waals surface area (Å²) in [5.41, 5.74) is 5.42. The van der Waals surface area contributed by atoms with E-state index in [9.17, 15) is 19.7 Å². The fourth-order valence-electron chi connectivity index (χ4n) is 9.50. The van der Waals surface area contributed by atoms with Crippen molar-refractivity contribution in [3.63, 3.8) is 0 Å². The highest BCUT2D eigenvalue weighted by Gasteiger charge is 2.68. The first kappa shape index (κ1) is 40.8. The molecule has 4 saturated carbocycles. The van der Waals surface area contributed by atoms with Crippen LogP contribution in [0.5, 0.6) is 0 Å². The molecule has 0 spiro atoms. The molecular formula is C37H64BN7O6. The lowest BCUT2D eigenvalue weighted by Crippen LogP contribution is -2.65. The lowest BCUT2D eigenvalue weighted by Gasteiger charge is -2.64. The summed E-state index contributed by atoms with van der Waals surface area (Å²) in [4.78, 5) is 42.4. The normalized spacial score (nSPS) is 27.2. The maximum atomic E-state index is 14.2. The molecule has 0 radical (unpaired) electrons. The van der Waals surface area contributed by atoms with E-state index in [2.05, 4.69) is 60.5 Å². The van der Waals surface area contributed by atoms with E-state index < -0.39 is 23.8 Å². The van der Waals surface area contributed by atoms with Gasteiger partial charge in [-0.05, 0) is 93.8 Å². The highest BCUT2D eigenvalue weighted by molar-refractivity contribution is 6.48. The van der Waals surface area contributed by atoms with Gasteiger partial charge in [0.05, 0.1) is 17.6 Å². The SMILES string of the molecule is [C-]#[N+]CCCCCCCCC(C(=O)N[C@@H](CCCN/C(N)=N/[N+](=O)[O-])C(=O)N[C@H](CC(C)C)B1O[C@H]2CC3CC(C3(C)C)[C@]2(C)O1)C1CCCC1. The zero-order valence-corrected chi connectivity index (χ0v) is 31.8. The van der Waals surface area contributed by atoms with Crippen molar-refractivity contribution in [2.24, 2.45) is 45.8 Å². The number of nitrogens with zero attached hydrogens (tertiary/aromatic N) is 3. The molecule has 1 aliphatic heterocycles. The monoisotopic (exact) mass is 714 g/mol. The van der Waals surface area contributed by atoms with Crippen molar-refractivity contribution in [1.29, 1.82) is 0 Å². The van der Waals surface area contributed by atoms with E-state index in [1.807, 2.05) is 0 Å². The molecular weight excluding hydrogens is 649 g/mol. The predicted octanol–water partition coefficient (Wildman–Crippen LogP) is 5.60. The van der Waals surface area contributed by atoms with Crippen molar-refractivity contribution < 1.29 is 23.9 Å². The molecule has 7 atom stereocenters. The van der Waals surface area contributed by atoms with Gasteiger partial charge in [-0.3, -0.25) is 9.59 Å². The van der Waals surface area contributed by atoms with Gasteiger partial charge in [0.2, 0.25) is 18.4 Å². The van der Waals surface area contributed by atoms with Crippen LogP contribution in [0.2, 0.25) is 0 Å². The van der Waals surface area contributed by atoms with Gasteiger partial charge in [0, 0.05) is 18.9 Å². The van der Waals surface area contributed by atoms with Gasteiger partial charge < -0.3 is 35.8 Å². The first-order chi connectivity index (χ1) is 24.3. The summed E-state index contributed by atoms with van der Waals surface area (Å²) in [7, 11) is -0.578. The highest BCUT2D eigenvalue weighted by Crippen LogP contribution is 2.65. The largest absolute Gasteiger partial charge is 0.481 e. The van der Waals surface area contributed by atoms with E-state index in [1.165, 1.54) is 0 Å². The molecule has 3 unspecified atom stereocenters. The number of hydrogen-bond acceptors (Lipinski definition) is 6. The van der Waals surface area contributed by atoms with Crippen molar-refractivity contribution in [3.05, 3.63) is 21.5 Å². The van der Waals surface area contributed by atoms with Gasteiger partial charge in [-0.25, -0.2) is 16.7 Å². The number of nitro groups is 1. The molecule has 5 aliphatic rings. The molecule has 2 bridgehead atoms. The molecule has 51 heavy (non-hydrogen) atoms. The Kier molecular flexibility index (Phi) is 15.0. The van der Waals surface area contributed by atoms with Crippen LogP contribution in [-0.2, 0) is 18.9 Å². The molecule has 2 amide bonds. The predicted molar refractivity (Wildman–Crippen MR) is 199 cm³/mol. The van der Waals surface area contributed by atoms with Crippen LogP contribution in [0.1, 0.15) is 137 Å². The Morgan fingerprint density at radius 3 is 2.35 bits per heavy atom. The lowest BCUT2D eigenvalue weighted by molar-refractivity contribution is -0.485. The Labute approximate surface area is 305 Å². The zero-order valence-electron chi connectivity index (χ0n) is 31.8. The Balaban J connectivity index is 1.43. The van der Waals surface area contributed by atoms with Gasteiger partial charge in [0.25, 0.3) is 5.96 Å². The Bertz CT molecular complexity index is 1250. The number of hydrazone groups is 1. The molecule has 4 aliphatic carbocycles. The number of hydrogen-bond donors (Lipinski definition) is 4. The van der Waals surface area contributed by atoms with Crippen LogP contribution < -0.4 is 21.7 Å². The Morgan fingerprint density at radius 1 is 1.02 bits per heavy atom. The number of carbonyl (C=O) groups is 2. The highest BCUT2D eigenvalue weighted by atomic mass is 16.7. The van der Waals surface area contributed by atoms with Crippen LogP contribution in [0.25, 0.3) is 4.85 Å². The molecule has 5 fully saturated rings. The van der Waals surface area contributed by atoms with Crippen LogP contribution in [-0.4, -0.2) is 66.7 Å². The molecule has 1 heterocycles. The second kappa shape index (κ2) is 18.7. The van der Waals surface area contributed by atoms with Gasteiger partial charge in [-0.2, -0.15) is 0 Å². The van der Waals surface area contributed by atoms with Crippen LogP contribution in [0.3, 0.4) is 0 Å². The zero-order chi connectivity index (χ0) is 37.2. The molecule has 286 valence electrons. The maximum Gasteiger partial charge on any atom is 0.481 e. The first-order valence-electron chi connectivity index (χ1n) is 19.8. The quantitative estimate of drug-likeness (QED) is 0.0226. The van der Waals surface area contributed by atoms with E-state index >= 15 is 0 Å². The number of rotatable bonds is 21. The van der Waals surface area contributed by atoms with Crippen LogP contribution >= 0.6 is 0 Å². The lowest BCUT2D eigenvalue weighted by atomic mass is 9.43. The van der Waals surface area contributed by atoms with Crippen LogP contribution in [0, 0.1) is 51.7 Å². The fourth-order valence-corrected chi connectivity index (χ4v) is 9.50. The third-order valence-electron chi connectivity index (χ3n) is 12.5. The second-order valence-electron chi connectivity index (χ2n) is 16.9. The van der Waals surface area contributed by atoms with Crippen molar-refractivity contribution in [1.82, 2.24) is 16.0 Å². The minimum Gasteiger partial charge on any atom is -0.404 e. The summed E-state index contributed by atoms with van der Waals surface area (Å²) in [5.74, 6) is 0.390. The fraction of sp³-hybridized carbons (Fsp3) is 0.892. The molecule has 14 heteroatoms. The van der Waals surface area contributed by atoms with Crippen LogP contribution in [0.4, 0.5) is 0 Å². The van der Waals surface area contributed by atoms with E-state index in [-0.39, 0.29) is 53.6 Å². The molecule has 0 aromatic rings. The van der Waals surface area contributed by atoms with Crippen molar-refractivity contribution in [3.8, 4) is 0 Å². The Morgan fingerprint density at radius 2 is 1.71 bits per heavy atom. The summed E-state index contributed by atoms with van der Waals surface area (Å²) < 4.78 is 13.4. The minimum absolute atomic E-state index is 0.00961. The molecule has 0 aromatic carbocycles. The maximum absolute atomic E-state index is 14.2. The molecule has 1 saturated heterocycles. The third-order valence-corrected chi connectivity index (χ3v) is 12.5. The van der Waals surface area contributed by atoms with Gasteiger partial charge in [-0.1, -0.05) is 66.2 Å². The van der Waals surface area contributed by atoms with Gasteiger partial charge in [0.1, 0.15) is 11.1 Å². The second-order valence-corrected chi connectivity index (χ2v) is 16.9. The smallest absolute Gasteiger partial charge is 0.404 e. The van der Waals surface area contributed by atoms with Gasteiger partial charge >= 0.3 is 7.12 Å². The van der Waals surface area contributed by atoms with Gasteiger partial charge in [0.15, 0.2) is 5.03 Å². The standard InChI is InChI=1S/C37H64BN7O6/c1-25(2)22-32(38-50-31-24-27-23-30(36(27,3)4)37(31,5)51-38)43-34(47)29(19-15-21-41-35(39)44-45(48)49)42-33(46)28(26-16-12-13-17-26)18-11-9-7-8-10-14-20-40-6/h25-32H,7-24H2,1-5H3,(H,42,46)(H,43,47)(H3,39,41,44)/t27?,28?,29-,30?,31-,32+,37-/m0/s1. The minimum atomic E-state index is -0.860. The number of amides is 2. The average Bonchev–Trinajstić information content (AvgIpc) is 3.72. The van der Waals surface area contributed by atoms with E-state index in [0.29, 0.717) is 43.6 Å². The van der Waals surface area contributed by atoms with E-state index in [0.717, 1.165) is 83.5 Å². The summed E-state index contributed by atoms with van der Waals surface area (Å²) in [6, 6.07) is -0.806. The molecule has 5 rings (SSSR count). The van der Waals surface area contributed by atoms with E-state index in [4.69, 9.17) is 21.6 Å². The molecule has 5 N–H and O–H groups in total. The van der Waals surface area contributed by atoms with Gasteiger partial charge in [-0.15, -0.1) is 0 Å². The van der Waals surface area contributed by atoms with Crippen molar-refractivity contribution >= 4 is 24.9 Å². The number of nitrogens with two attached hydrogens (primary N) is 1. The first-order valence-corrected chi connectivity index (χ1v) is 19.8. The van der Waals surface area contributed by atoms with E-state index in [1.54, 1.807) is 0 Å². The molecule has 0 aromatic heterocycles. The topological polar surface area (TPSA) is 175 Å². The average molecular weight is 714 g/mol. The number of unbranched alkanes of at least 4 members (excludes halogenated alkanes) is 5. The number of carbonyl (C=O) groups excluding carboxylic acids is 2. The third kappa shape index (κ3) is 10.8.